The summed E-state index contributed by atoms with van der Waals surface area (Å²) >= 11 is 4.31. The van der Waals surface area contributed by atoms with E-state index >= 15 is 0 Å². The van der Waals surface area contributed by atoms with E-state index < -0.39 is 0 Å². The number of thioether (sulfide) groups is 1. The third-order valence-electron chi connectivity index (χ3n) is 5.81. The first-order valence-corrected chi connectivity index (χ1v) is 12.6. The van der Waals surface area contributed by atoms with Crippen LogP contribution >= 0.6 is 34.4 Å². The van der Waals surface area contributed by atoms with Crippen molar-refractivity contribution in [1.29, 1.82) is 0 Å². The maximum Gasteiger partial charge on any atom is 0.133 e. The van der Waals surface area contributed by atoms with Gasteiger partial charge >= 0.3 is 0 Å². The molecule has 2 aromatic rings. The maximum absolute atomic E-state index is 13.6. The molecule has 2 nitrogen and oxygen atoms in total. The lowest BCUT2D eigenvalue weighted by molar-refractivity contribution is 0.274. The van der Waals surface area contributed by atoms with Crippen molar-refractivity contribution < 1.29 is 9.13 Å². The van der Waals surface area contributed by atoms with Gasteiger partial charge in [-0.2, -0.15) is 0 Å². The molecular formula is C24H31FINOS. The van der Waals surface area contributed by atoms with Crippen molar-refractivity contribution in [3.05, 3.63) is 45.8 Å². The molecular weight excluding hydrogens is 496 g/mol. The normalized spacial score (nSPS) is 15.7. The molecule has 0 saturated carbocycles. The molecule has 0 spiro atoms. The first kappa shape index (κ1) is 22.7. The number of ether oxygens (including phenoxy) is 1. The van der Waals surface area contributed by atoms with Crippen molar-refractivity contribution in [3.8, 4) is 5.75 Å². The van der Waals surface area contributed by atoms with E-state index in [1.807, 2.05) is 23.9 Å². The van der Waals surface area contributed by atoms with Crippen molar-refractivity contribution >= 4 is 45.7 Å². The Hall–Kier alpha value is -0.950. The Morgan fingerprint density at radius 1 is 1.10 bits per heavy atom. The van der Waals surface area contributed by atoms with Crippen LogP contribution in [0.3, 0.4) is 0 Å². The van der Waals surface area contributed by atoms with Crippen LogP contribution in [0, 0.1) is 14.8 Å². The van der Waals surface area contributed by atoms with E-state index in [0.29, 0.717) is 0 Å². The monoisotopic (exact) mass is 527 g/mol. The molecule has 0 saturated heterocycles. The van der Waals surface area contributed by atoms with Crippen molar-refractivity contribution in [1.82, 2.24) is 0 Å². The van der Waals surface area contributed by atoms with Crippen LogP contribution in [-0.2, 0) is 0 Å². The molecule has 0 fully saturated rings. The Morgan fingerprint density at radius 2 is 1.76 bits per heavy atom. The highest BCUT2D eigenvalue weighted by Gasteiger charge is 2.36. The van der Waals surface area contributed by atoms with E-state index in [-0.39, 0.29) is 11.2 Å². The second kappa shape index (κ2) is 10.4. The van der Waals surface area contributed by atoms with Gasteiger partial charge in [0.2, 0.25) is 0 Å². The quantitative estimate of drug-likeness (QED) is 0.323. The first-order chi connectivity index (χ1) is 14.0. The summed E-state index contributed by atoms with van der Waals surface area (Å²) < 4.78 is 20.3. The lowest BCUT2D eigenvalue weighted by Gasteiger charge is -2.37. The largest absolute Gasteiger partial charge is 0.496 e. The smallest absolute Gasteiger partial charge is 0.133 e. The summed E-state index contributed by atoms with van der Waals surface area (Å²) in [6.07, 6.45) is 7.39. The standard InChI is InChI=1S/C24H31FINOS/c1-4-6-12-24(13-7-5-2)16-27(19-10-8-18(25)9-11-19)21-14-20(26)22(28-3)15-23(21)29-17-24/h8-11,14-15H,4-7,12-13,16-17H2,1-3H3. The van der Waals surface area contributed by atoms with Crippen LogP contribution in [0.1, 0.15) is 52.4 Å². The molecule has 3 rings (SSSR count). The Bertz CT molecular complexity index is 803. The summed E-state index contributed by atoms with van der Waals surface area (Å²) in [6.45, 7) is 5.52. The summed E-state index contributed by atoms with van der Waals surface area (Å²) in [7, 11) is 1.73. The molecule has 0 atom stereocenters. The molecule has 0 amide bonds. The fourth-order valence-electron chi connectivity index (χ4n) is 4.09. The number of hydrogen-bond acceptors (Lipinski definition) is 3. The van der Waals surface area contributed by atoms with Gasteiger partial charge in [-0.3, -0.25) is 0 Å². The lowest BCUT2D eigenvalue weighted by atomic mass is 9.79. The third-order valence-corrected chi connectivity index (χ3v) is 8.05. The van der Waals surface area contributed by atoms with Crippen LogP contribution < -0.4 is 9.64 Å². The van der Waals surface area contributed by atoms with Gasteiger partial charge in [-0.1, -0.05) is 39.5 Å². The van der Waals surface area contributed by atoms with Crippen LogP contribution in [0.25, 0.3) is 0 Å². The van der Waals surface area contributed by atoms with Gasteiger partial charge in [-0.15, -0.1) is 11.8 Å². The zero-order chi connectivity index (χ0) is 20.9. The molecule has 0 N–H and O–H groups in total. The highest BCUT2D eigenvalue weighted by molar-refractivity contribution is 14.1. The highest BCUT2D eigenvalue weighted by Crippen LogP contribution is 2.49. The number of methoxy groups -OCH3 is 1. The number of hydrogen-bond donors (Lipinski definition) is 0. The summed E-state index contributed by atoms with van der Waals surface area (Å²) in [6, 6.07) is 11.4. The SMILES string of the molecule is CCCCC1(CCCC)CSc2cc(OC)c(I)cc2N(c2ccc(F)cc2)C1. The molecule has 5 heteroatoms. The number of unbranched alkanes of at least 4 members (excludes halogenated alkanes) is 2. The summed E-state index contributed by atoms with van der Waals surface area (Å²) in [4.78, 5) is 3.67. The fourth-order valence-corrected chi connectivity index (χ4v) is 6.11. The second-order valence-electron chi connectivity index (χ2n) is 8.01. The zero-order valence-electron chi connectivity index (χ0n) is 17.6. The Kier molecular flexibility index (Phi) is 8.14. The van der Waals surface area contributed by atoms with Gasteiger partial charge in [-0.25, -0.2) is 4.39 Å². The Balaban J connectivity index is 2.08. The van der Waals surface area contributed by atoms with Gasteiger partial charge in [0.1, 0.15) is 11.6 Å². The highest BCUT2D eigenvalue weighted by atomic mass is 127. The van der Waals surface area contributed by atoms with Crippen LogP contribution in [0.4, 0.5) is 15.8 Å². The van der Waals surface area contributed by atoms with Crippen LogP contribution in [-0.4, -0.2) is 19.4 Å². The van der Waals surface area contributed by atoms with Crippen molar-refractivity contribution in [3.63, 3.8) is 0 Å². The molecule has 0 bridgehead atoms. The molecule has 1 aliphatic heterocycles. The van der Waals surface area contributed by atoms with Crippen molar-refractivity contribution in [2.45, 2.75) is 57.3 Å². The molecule has 158 valence electrons. The van der Waals surface area contributed by atoms with Gasteiger partial charge in [-0.05, 0) is 77.2 Å². The van der Waals surface area contributed by atoms with Crippen molar-refractivity contribution in [2.75, 3.05) is 24.3 Å². The number of rotatable bonds is 8. The Labute approximate surface area is 192 Å². The van der Waals surface area contributed by atoms with E-state index in [0.717, 1.165) is 27.3 Å². The topological polar surface area (TPSA) is 12.5 Å². The first-order valence-electron chi connectivity index (χ1n) is 10.6. The molecule has 0 aromatic heterocycles. The molecule has 0 unspecified atom stereocenters. The Morgan fingerprint density at radius 3 is 2.34 bits per heavy atom. The zero-order valence-corrected chi connectivity index (χ0v) is 20.6. The lowest BCUT2D eigenvalue weighted by Crippen LogP contribution is -2.36. The van der Waals surface area contributed by atoms with Crippen LogP contribution in [0.15, 0.2) is 41.3 Å². The minimum atomic E-state index is -0.189. The predicted octanol–water partition coefficient (Wildman–Crippen LogP) is 8.05. The summed E-state index contributed by atoms with van der Waals surface area (Å²) in [5, 5.41) is 0. The van der Waals surface area contributed by atoms with Crippen molar-refractivity contribution in [2.24, 2.45) is 5.41 Å². The number of nitrogens with zero attached hydrogens (tertiary/aromatic N) is 1. The average molecular weight is 527 g/mol. The van der Waals surface area contributed by atoms with Gasteiger partial charge in [0, 0.05) is 22.9 Å². The molecule has 0 radical (unpaired) electrons. The van der Waals surface area contributed by atoms with Gasteiger partial charge in [0.15, 0.2) is 0 Å². The maximum atomic E-state index is 13.6. The third kappa shape index (κ3) is 5.40. The minimum absolute atomic E-state index is 0.189. The van der Waals surface area contributed by atoms with E-state index in [2.05, 4.69) is 53.5 Å². The molecule has 1 aliphatic rings. The van der Waals surface area contributed by atoms with E-state index in [1.165, 1.54) is 49.1 Å². The number of benzene rings is 2. The molecule has 2 aromatic carbocycles. The van der Waals surface area contributed by atoms with Gasteiger partial charge in [0.05, 0.1) is 16.4 Å². The molecule has 1 heterocycles. The fraction of sp³-hybridized carbons (Fsp3) is 0.500. The van der Waals surface area contributed by atoms with Gasteiger partial charge in [0.25, 0.3) is 0 Å². The number of halogens is 2. The number of anilines is 2. The van der Waals surface area contributed by atoms with E-state index in [9.17, 15) is 4.39 Å². The van der Waals surface area contributed by atoms with Gasteiger partial charge < -0.3 is 9.64 Å². The molecule has 0 aliphatic carbocycles. The average Bonchev–Trinajstić information content (AvgIpc) is 2.88. The van der Waals surface area contributed by atoms with Crippen LogP contribution in [0.2, 0.25) is 0 Å². The van der Waals surface area contributed by atoms with E-state index in [4.69, 9.17) is 4.74 Å². The minimum Gasteiger partial charge on any atom is -0.496 e. The summed E-state index contributed by atoms with van der Waals surface area (Å²) in [5.41, 5.74) is 2.53. The second-order valence-corrected chi connectivity index (χ2v) is 10.2. The predicted molar refractivity (Wildman–Crippen MR) is 131 cm³/mol. The molecule has 29 heavy (non-hydrogen) atoms. The summed E-state index contributed by atoms with van der Waals surface area (Å²) in [5.74, 6) is 1.85. The van der Waals surface area contributed by atoms with Crippen LogP contribution in [0.5, 0.6) is 5.75 Å². The number of fused-ring (bicyclic) bond motifs is 1. The van der Waals surface area contributed by atoms with E-state index in [1.54, 1.807) is 19.2 Å².